The van der Waals surface area contributed by atoms with Crippen LogP contribution < -0.4 is 0 Å². The van der Waals surface area contributed by atoms with Gasteiger partial charge in [0, 0.05) is 5.02 Å². The Hall–Kier alpha value is -1.48. The van der Waals surface area contributed by atoms with E-state index in [9.17, 15) is 13.2 Å². The van der Waals surface area contributed by atoms with E-state index in [1.165, 1.54) is 17.7 Å². The Morgan fingerprint density at radius 3 is 1.84 bits per heavy atom. The molecule has 0 amide bonds. The molecule has 0 heterocycles. The lowest BCUT2D eigenvalue weighted by molar-refractivity contribution is -0.137. The van der Waals surface area contributed by atoms with E-state index in [4.69, 9.17) is 11.6 Å². The maximum Gasteiger partial charge on any atom is 0.416 e. The minimum absolute atomic E-state index is 0.602. The van der Waals surface area contributed by atoms with Crippen molar-refractivity contribution >= 4 is 11.6 Å². The van der Waals surface area contributed by atoms with Gasteiger partial charge in [-0.1, -0.05) is 59.6 Å². The van der Waals surface area contributed by atoms with Crippen molar-refractivity contribution in [2.75, 3.05) is 0 Å². The highest BCUT2D eigenvalue weighted by molar-refractivity contribution is 6.31. The Kier molecular flexibility index (Phi) is 5.43. The summed E-state index contributed by atoms with van der Waals surface area (Å²) >= 11 is 5.78. The normalized spacial score (nSPS) is 10.6. The summed E-state index contributed by atoms with van der Waals surface area (Å²) in [5.74, 6) is 0. The average molecular weight is 287 g/mol. The maximum absolute atomic E-state index is 11.8. The SMILES string of the molecule is Cc1ccc(Cl)c(C)c1.FC(F)(F)c1ccccc1. The Morgan fingerprint density at radius 2 is 1.47 bits per heavy atom. The highest BCUT2D eigenvalue weighted by Gasteiger charge is 2.29. The van der Waals surface area contributed by atoms with Crippen molar-refractivity contribution < 1.29 is 13.2 Å². The van der Waals surface area contributed by atoms with Crippen LogP contribution in [0.5, 0.6) is 0 Å². The highest BCUT2D eigenvalue weighted by Crippen LogP contribution is 2.28. The second-order valence-electron chi connectivity index (χ2n) is 4.12. The molecule has 0 unspecified atom stereocenters. The fraction of sp³-hybridized carbons (Fsp3) is 0.200. The zero-order valence-corrected chi connectivity index (χ0v) is 11.4. The van der Waals surface area contributed by atoms with Crippen molar-refractivity contribution in [3.05, 3.63) is 70.2 Å². The first-order valence-corrected chi connectivity index (χ1v) is 6.03. The third-order valence-corrected chi connectivity index (χ3v) is 2.84. The molecular formula is C15H14ClF3. The van der Waals surface area contributed by atoms with E-state index in [0.29, 0.717) is 0 Å². The molecule has 0 aliphatic rings. The molecule has 0 aliphatic carbocycles. The molecule has 2 rings (SSSR count). The largest absolute Gasteiger partial charge is 0.416 e. The van der Waals surface area contributed by atoms with Crippen LogP contribution in [-0.4, -0.2) is 0 Å². The lowest BCUT2D eigenvalue weighted by atomic mass is 10.2. The third-order valence-electron chi connectivity index (χ3n) is 2.41. The molecule has 0 N–H and O–H groups in total. The van der Waals surface area contributed by atoms with Gasteiger partial charge in [-0.25, -0.2) is 0 Å². The summed E-state index contributed by atoms with van der Waals surface area (Å²) in [5, 5.41) is 0.848. The lowest BCUT2D eigenvalue weighted by Gasteiger charge is -2.03. The summed E-state index contributed by atoms with van der Waals surface area (Å²) in [6.07, 6.45) is -4.21. The van der Waals surface area contributed by atoms with Crippen LogP contribution in [0.1, 0.15) is 16.7 Å². The van der Waals surface area contributed by atoms with Gasteiger partial charge in [0.05, 0.1) is 5.56 Å². The van der Waals surface area contributed by atoms with Crippen molar-refractivity contribution in [2.45, 2.75) is 20.0 Å². The standard InChI is InChI=1S/C8H9Cl.C7H5F3/c1-6-3-4-8(9)7(2)5-6;8-7(9,10)6-4-2-1-3-5-6/h3-5H,1-2H3;1-5H. The number of hydrogen-bond donors (Lipinski definition) is 0. The van der Waals surface area contributed by atoms with Gasteiger partial charge in [-0.15, -0.1) is 0 Å². The van der Waals surface area contributed by atoms with Gasteiger partial charge in [-0.2, -0.15) is 13.2 Å². The summed E-state index contributed by atoms with van der Waals surface area (Å²) in [6.45, 7) is 4.07. The highest BCUT2D eigenvalue weighted by atomic mass is 35.5. The van der Waals surface area contributed by atoms with E-state index in [0.717, 1.165) is 22.7 Å². The molecule has 0 bridgehead atoms. The fourth-order valence-corrected chi connectivity index (χ4v) is 1.54. The van der Waals surface area contributed by atoms with Crippen LogP contribution in [0.15, 0.2) is 48.5 Å². The van der Waals surface area contributed by atoms with E-state index in [1.807, 2.05) is 19.1 Å². The minimum atomic E-state index is -4.21. The quantitative estimate of drug-likeness (QED) is 0.586. The Balaban J connectivity index is 0.000000191. The van der Waals surface area contributed by atoms with Crippen LogP contribution in [0.25, 0.3) is 0 Å². The number of aryl methyl sites for hydroxylation is 2. The van der Waals surface area contributed by atoms with Crippen LogP contribution in [0.3, 0.4) is 0 Å². The molecule has 0 spiro atoms. The summed E-state index contributed by atoms with van der Waals surface area (Å²) in [6, 6.07) is 12.4. The first-order valence-electron chi connectivity index (χ1n) is 5.65. The molecule has 0 aliphatic heterocycles. The number of alkyl halides is 3. The van der Waals surface area contributed by atoms with Crippen LogP contribution in [0.2, 0.25) is 5.02 Å². The second-order valence-corrected chi connectivity index (χ2v) is 4.52. The molecule has 0 radical (unpaired) electrons. The molecule has 0 fully saturated rings. The van der Waals surface area contributed by atoms with Gasteiger partial charge in [-0.3, -0.25) is 0 Å². The van der Waals surface area contributed by atoms with Crippen molar-refractivity contribution in [3.63, 3.8) is 0 Å². The van der Waals surface area contributed by atoms with Crippen LogP contribution >= 0.6 is 11.6 Å². The number of hydrogen-bond acceptors (Lipinski definition) is 0. The van der Waals surface area contributed by atoms with Gasteiger partial charge in [0.2, 0.25) is 0 Å². The zero-order chi connectivity index (χ0) is 14.5. The van der Waals surface area contributed by atoms with Gasteiger partial charge >= 0.3 is 6.18 Å². The molecule has 0 nitrogen and oxygen atoms in total. The predicted octanol–water partition coefficient (Wildman–Crippen LogP) is 5.66. The molecule has 102 valence electrons. The van der Waals surface area contributed by atoms with Gasteiger partial charge in [0.15, 0.2) is 0 Å². The van der Waals surface area contributed by atoms with Crippen molar-refractivity contribution in [2.24, 2.45) is 0 Å². The molecule has 2 aromatic carbocycles. The Morgan fingerprint density at radius 1 is 0.895 bits per heavy atom. The maximum atomic E-state index is 11.8. The first-order chi connectivity index (χ1) is 8.80. The smallest absolute Gasteiger partial charge is 0.166 e. The van der Waals surface area contributed by atoms with Gasteiger partial charge < -0.3 is 0 Å². The summed E-state index contributed by atoms with van der Waals surface area (Å²) in [7, 11) is 0. The number of benzene rings is 2. The Bertz CT molecular complexity index is 519. The molecule has 0 saturated carbocycles. The molecule has 0 atom stereocenters. The molecule has 0 aromatic heterocycles. The van der Waals surface area contributed by atoms with Crippen LogP contribution in [0, 0.1) is 13.8 Å². The van der Waals surface area contributed by atoms with Gasteiger partial charge in [0.25, 0.3) is 0 Å². The van der Waals surface area contributed by atoms with E-state index in [1.54, 1.807) is 6.07 Å². The van der Waals surface area contributed by atoms with Crippen LogP contribution in [-0.2, 0) is 6.18 Å². The third kappa shape index (κ3) is 5.35. The monoisotopic (exact) mass is 286 g/mol. The number of rotatable bonds is 0. The van der Waals surface area contributed by atoms with Crippen molar-refractivity contribution in [1.82, 2.24) is 0 Å². The predicted molar refractivity (Wildman–Crippen MR) is 72.4 cm³/mol. The van der Waals surface area contributed by atoms with E-state index >= 15 is 0 Å². The summed E-state index contributed by atoms with van der Waals surface area (Å²) in [4.78, 5) is 0. The Labute approximate surface area is 115 Å². The van der Waals surface area contributed by atoms with E-state index in [-0.39, 0.29) is 0 Å². The van der Waals surface area contributed by atoms with E-state index in [2.05, 4.69) is 13.0 Å². The number of halogens is 4. The molecule has 19 heavy (non-hydrogen) atoms. The topological polar surface area (TPSA) is 0 Å². The van der Waals surface area contributed by atoms with Gasteiger partial charge in [-0.05, 0) is 25.5 Å². The van der Waals surface area contributed by atoms with Crippen LogP contribution in [0.4, 0.5) is 13.2 Å². The minimum Gasteiger partial charge on any atom is -0.166 e. The van der Waals surface area contributed by atoms with Gasteiger partial charge in [0.1, 0.15) is 0 Å². The molecule has 0 saturated heterocycles. The lowest BCUT2D eigenvalue weighted by Crippen LogP contribution is -2.03. The fourth-order valence-electron chi connectivity index (χ4n) is 1.42. The van der Waals surface area contributed by atoms with Crippen molar-refractivity contribution in [3.8, 4) is 0 Å². The molecular weight excluding hydrogens is 273 g/mol. The zero-order valence-electron chi connectivity index (χ0n) is 10.6. The summed E-state index contributed by atoms with van der Waals surface area (Å²) < 4.78 is 35.4. The van der Waals surface area contributed by atoms with E-state index < -0.39 is 11.7 Å². The first kappa shape index (κ1) is 15.6. The molecule has 4 heteroatoms. The second kappa shape index (κ2) is 6.62. The molecule has 2 aromatic rings. The average Bonchev–Trinajstić information content (AvgIpc) is 2.35. The van der Waals surface area contributed by atoms with Crippen molar-refractivity contribution in [1.29, 1.82) is 0 Å². The summed E-state index contributed by atoms with van der Waals surface area (Å²) in [5.41, 5.74) is 1.81.